The second kappa shape index (κ2) is 29.1. The lowest BCUT2D eigenvalue weighted by Gasteiger charge is -2.26. The van der Waals surface area contributed by atoms with Crippen molar-refractivity contribution in [2.45, 2.75) is 0 Å². The van der Waals surface area contributed by atoms with Crippen molar-refractivity contribution in [2.75, 3.05) is 10.2 Å². The minimum Gasteiger partial charge on any atom is -0.356 e. The number of hydrogen-bond donors (Lipinski definition) is 1. The van der Waals surface area contributed by atoms with Crippen molar-refractivity contribution in [3.05, 3.63) is 417 Å². The van der Waals surface area contributed by atoms with Crippen molar-refractivity contribution in [1.82, 2.24) is 27.9 Å². The molecule has 0 unspecified atom stereocenters. The van der Waals surface area contributed by atoms with Crippen LogP contribution in [0.15, 0.2) is 417 Å². The van der Waals surface area contributed by atoms with E-state index in [1.54, 1.807) is 0 Å². The van der Waals surface area contributed by atoms with Gasteiger partial charge in [0.05, 0.1) is 44.1 Å². The van der Waals surface area contributed by atoms with Gasteiger partial charge in [0.25, 0.3) is 0 Å². The van der Waals surface area contributed by atoms with Crippen molar-refractivity contribution < 1.29 is 0 Å². The number of anilines is 5. The van der Waals surface area contributed by atoms with Crippen LogP contribution >= 0.6 is 15.9 Å². The number of nitrogens with zero attached hydrogens (tertiary/aromatic N) is 7. The summed E-state index contributed by atoms with van der Waals surface area (Å²) in [6, 6.07) is 145. The normalized spacial score (nSPS) is 11.2. The molecule has 0 radical (unpaired) electrons. The van der Waals surface area contributed by atoms with E-state index in [1.807, 2.05) is 24.3 Å². The number of fused-ring (bicyclic) bond motifs is 10. The van der Waals surface area contributed by atoms with Crippen LogP contribution < -0.4 is 10.2 Å². The van der Waals surface area contributed by atoms with Crippen LogP contribution in [0, 0.1) is 0 Å². The SMILES string of the molecule is Brc1ccc(-c2ccc(-n3c4ccccc4n4c5ccccc5nc34)cc2)cc1.c1ccc(-c2ccc(N(c3ccc(-c4ccccc4)cc3)c3ccc(-c4ccc(-n5c6ccccc6n6c7ccccc7nc56)cc4)cc3)cc2)cc1.c1ccc(-c2ccc(Nc3ccc(-c4ccccc4)cc3)cc2)cc1. The highest BCUT2D eigenvalue weighted by Crippen LogP contribution is 2.40. The van der Waals surface area contributed by atoms with Crippen LogP contribution in [0.4, 0.5) is 28.4 Å². The summed E-state index contributed by atoms with van der Waals surface area (Å²) in [4.78, 5) is 12.3. The maximum atomic E-state index is 5.05. The molecule has 0 aliphatic heterocycles. The molecule has 0 aliphatic rings. The Morgan fingerprint density at radius 3 is 0.757 bits per heavy atom. The molecule has 0 fully saturated rings. The molecule has 0 bridgehead atoms. The maximum absolute atomic E-state index is 5.05. The number of rotatable bonds is 13. The Morgan fingerprint density at radius 2 is 0.449 bits per heavy atom. The Bertz CT molecular complexity index is 6270. The van der Waals surface area contributed by atoms with Gasteiger partial charge < -0.3 is 10.2 Å². The average Bonchev–Trinajstić information content (AvgIpc) is 1.57. The van der Waals surface area contributed by atoms with E-state index in [4.69, 9.17) is 9.97 Å². The lowest BCUT2D eigenvalue weighted by Crippen LogP contribution is -2.09. The molecule has 8 nitrogen and oxygen atoms in total. The summed E-state index contributed by atoms with van der Waals surface area (Å²) in [5, 5.41) is 3.46. The Labute approximate surface area is 629 Å². The Morgan fingerprint density at radius 1 is 0.215 bits per heavy atom. The van der Waals surface area contributed by atoms with Crippen LogP contribution in [-0.2, 0) is 0 Å². The molecule has 0 saturated carbocycles. The van der Waals surface area contributed by atoms with Crippen LogP contribution in [0.5, 0.6) is 0 Å². The van der Waals surface area contributed by atoms with Crippen molar-refractivity contribution in [2.24, 2.45) is 0 Å². The number of imidazole rings is 4. The summed E-state index contributed by atoms with van der Waals surface area (Å²) < 4.78 is 10.1. The van der Waals surface area contributed by atoms with Crippen LogP contribution in [0.25, 0.3) is 134 Å². The summed E-state index contributed by atoms with van der Waals surface area (Å²) in [6.45, 7) is 0. The van der Waals surface area contributed by atoms with E-state index in [1.165, 1.54) is 55.6 Å². The molecule has 20 rings (SSSR count). The topological polar surface area (TPSA) is 59.7 Å². The lowest BCUT2D eigenvalue weighted by atomic mass is 10.0. The largest absolute Gasteiger partial charge is 0.356 e. The number of nitrogens with one attached hydrogen (secondary N) is 1. The fourth-order valence-electron chi connectivity index (χ4n) is 14.5. The second-order valence-corrected chi connectivity index (χ2v) is 27.4. The third kappa shape index (κ3) is 13.2. The standard InChI is InChI=1S/C49H34N4.C25H16BrN3.C24H19N/c1-3-11-35(12-4-1)37-19-27-41(28-20-37)51(42-29-21-38(22-30-42)36-13-5-2-6-14-36)43-31-23-39(24-32-43)40-25-33-44(34-26-40)52-47-17-9-10-18-48(47)53-46-16-8-7-15-45(46)50-49(52)53;26-19-13-9-17(10-14-19)18-11-15-20(16-12-18)28-23-7-3-4-8-24(23)29-22-6-2-1-5-21(22)27-25(28)29;1-3-7-19(8-4-1)21-11-15-23(16-12-21)25-24-17-13-22(14-18-24)20-9-5-2-6-10-20/h1-34H;1-16H;1-18,25H. The van der Waals surface area contributed by atoms with Crippen molar-refractivity contribution >= 4 is 100 Å². The minimum atomic E-state index is 0.915. The lowest BCUT2D eigenvalue weighted by molar-refractivity contribution is 1.11. The first kappa shape index (κ1) is 65.2. The molecule has 1 N–H and O–H groups in total. The molecule has 0 saturated heterocycles. The van der Waals surface area contributed by atoms with Gasteiger partial charge in [-0.15, -0.1) is 0 Å². The quantitative estimate of drug-likeness (QED) is 0.125. The number of halogens is 1. The molecular weight excluding hydrogens is 1370 g/mol. The Hall–Kier alpha value is -13.9. The molecule has 0 spiro atoms. The number of hydrogen-bond acceptors (Lipinski definition) is 4. The summed E-state index contributed by atoms with van der Waals surface area (Å²) >= 11 is 3.50. The summed E-state index contributed by atoms with van der Waals surface area (Å²) in [5.74, 6) is 1.85. The molecule has 508 valence electrons. The van der Waals surface area contributed by atoms with E-state index < -0.39 is 0 Å². The van der Waals surface area contributed by atoms with Crippen LogP contribution in [-0.4, -0.2) is 27.9 Å². The molecule has 0 aliphatic carbocycles. The zero-order chi connectivity index (χ0) is 71.4. The van der Waals surface area contributed by atoms with Gasteiger partial charge in [-0.2, -0.15) is 0 Å². The molecular formula is C98H69BrN8. The molecule has 16 aromatic carbocycles. The fraction of sp³-hybridized carbons (Fsp3) is 0. The summed E-state index contributed by atoms with van der Waals surface area (Å²) in [6.07, 6.45) is 0. The molecule has 9 heteroatoms. The van der Waals surface area contributed by atoms with Gasteiger partial charge in [0.2, 0.25) is 11.6 Å². The monoisotopic (exact) mass is 1440 g/mol. The van der Waals surface area contributed by atoms with Crippen molar-refractivity contribution in [1.29, 1.82) is 0 Å². The van der Waals surface area contributed by atoms with Gasteiger partial charge in [0, 0.05) is 44.3 Å². The van der Waals surface area contributed by atoms with Crippen molar-refractivity contribution in [3.63, 3.8) is 0 Å². The fourth-order valence-corrected chi connectivity index (χ4v) is 14.8. The molecule has 20 aromatic rings. The van der Waals surface area contributed by atoms with Gasteiger partial charge in [0.1, 0.15) is 0 Å². The van der Waals surface area contributed by atoms with Gasteiger partial charge >= 0.3 is 0 Å². The zero-order valence-electron chi connectivity index (χ0n) is 58.3. The predicted octanol–water partition coefficient (Wildman–Crippen LogP) is 26.5. The third-order valence-corrected chi connectivity index (χ3v) is 20.4. The van der Waals surface area contributed by atoms with Gasteiger partial charge in [-0.3, -0.25) is 17.9 Å². The molecule has 4 heterocycles. The van der Waals surface area contributed by atoms with Crippen molar-refractivity contribution in [3.8, 4) is 78.1 Å². The molecule has 0 atom stereocenters. The number of benzene rings is 16. The first-order valence-electron chi connectivity index (χ1n) is 36.0. The average molecular weight is 1440 g/mol. The molecule has 4 aromatic heterocycles. The van der Waals surface area contributed by atoms with E-state index in [-0.39, 0.29) is 0 Å². The number of aromatic nitrogens is 6. The first-order valence-corrected chi connectivity index (χ1v) is 36.8. The van der Waals surface area contributed by atoms with Crippen LogP contribution in [0.1, 0.15) is 0 Å². The van der Waals surface area contributed by atoms with E-state index >= 15 is 0 Å². The van der Waals surface area contributed by atoms with Gasteiger partial charge in [-0.25, -0.2) is 9.97 Å². The minimum absolute atomic E-state index is 0.915. The first-order chi connectivity index (χ1) is 53.0. The maximum Gasteiger partial charge on any atom is 0.220 e. The highest BCUT2D eigenvalue weighted by molar-refractivity contribution is 9.10. The van der Waals surface area contributed by atoms with E-state index in [0.29, 0.717) is 0 Å². The molecule has 107 heavy (non-hydrogen) atoms. The zero-order valence-corrected chi connectivity index (χ0v) is 59.9. The Kier molecular flexibility index (Phi) is 17.7. The highest BCUT2D eigenvalue weighted by atomic mass is 79.9. The van der Waals surface area contributed by atoms with Crippen LogP contribution in [0.3, 0.4) is 0 Å². The second-order valence-electron chi connectivity index (χ2n) is 26.4. The third-order valence-electron chi connectivity index (χ3n) is 19.8. The highest BCUT2D eigenvalue weighted by Gasteiger charge is 2.20. The Balaban J connectivity index is 0.000000126. The van der Waals surface area contributed by atoms with E-state index in [9.17, 15) is 0 Å². The van der Waals surface area contributed by atoms with Gasteiger partial charge in [0.15, 0.2) is 0 Å². The van der Waals surface area contributed by atoms with Gasteiger partial charge in [-0.1, -0.05) is 283 Å². The van der Waals surface area contributed by atoms with Gasteiger partial charge in [-0.05, 0) is 212 Å². The predicted molar refractivity (Wildman–Crippen MR) is 450 cm³/mol. The van der Waals surface area contributed by atoms with E-state index in [0.717, 1.165) is 111 Å². The number of para-hydroxylation sites is 8. The summed E-state index contributed by atoms with van der Waals surface area (Å²) in [5.41, 5.74) is 31.0. The molecule has 0 amide bonds. The van der Waals surface area contributed by atoms with Crippen LogP contribution in [0.2, 0.25) is 0 Å². The van der Waals surface area contributed by atoms with E-state index in [2.05, 4.69) is 432 Å². The smallest absolute Gasteiger partial charge is 0.220 e. The summed E-state index contributed by atoms with van der Waals surface area (Å²) in [7, 11) is 0.